The molecule has 1 aliphatic carbocycles. The number of piperidine rings is 1. The van der Waals surface area contributed by atoms with E-state index in [0.717, 1.165) is 31.4 Å². The third kappa shape index (κ3) is 1.31. The lowest BCUT2D eigenvalue weighted by Crippen LogP contribution is -2.45. The van der Waals surface area contributed by atoms with Crippen molar-refractivity contribution in [1.29, 1.82) is 0 Å². The molecule has 0 radical (unpaired) electrons. The fourth-order valence-electron chi connectivity index (χ4n) is 2.89. The molecular weight excluding hydrogens is 178 g/mol. The first-order valence-electron chi connectivity index (χ1n) is 5.45. The predicted octanol–water partition coefficient (Wildman–Crippen LogP) is 0.523. The summed E-state index contributed by atoms with van der Waals surface area (Å²) in [6, 6.07) is 0.0775. The van der Waals surface area contributed by atoms with E-state index in [2.05, 4.69) is 11.8 Å². The second kappa shape index (κ2) is 3.65. The van der Waals surface area contributed by atoms with Crippen molar-refractivity contribution in [1.82, 2.24) is 4.90 Å². The van der Waals surface area contributed by atoms with E-state index in [-0.39, 0.29) is 6.04 Å². The van der Waals surface area contributed by atoms with Crippen molar-refractivity contribution in [2.45, 2.75) is 44.4 Å². The molecule has 14 heavy (non-hydrogen) atoms. The highest BCUT2D eigenvalue weighted by Gasteiger charge is 2.43. The van der Waals surface area contributed by atoms with Crippen LogP contribution in [0.4, 0.5) is 0 Å². The van der Waals surface area contributed by atoms with Gasteiger partial charge in [0.05, 0.1) is 6.04 Å². The zero-order valence-corrected chi connectivity index (χ0v) is 8.90. The Morgan fingerprint density at radius 2 is 2.14 bits per heavy atom. The minimum Gasteiger partial charge on any atom is -0.388 e. The molecule has 2 N–H and O–H groups in total. The van der Waals surface area contributed by atoms with Gasteiger partial charge in [0.1, 0.15) is 12.2 Å². The van der Waals surface area contributed by atoms with Crippen LogP contribution >= 0.6 is 0 Å². The third-order valence-corrected chi connectivity index (χ3v) is 3.59. The molecule has 0 saturated carbocycles. The van der Waals surface area contributed by atoms with Crippen LogP contribution in [0.1, 0.15) is 26.2 Å². The molecule has 1 fully saturated rings. The van der Waals surface area contributed by atoms with Crippen LogP contribution in [0.25, 0.3) is 0 Å². The van der Waals surface area contributed by atoms with Crippen molar-refractivity contribution < 1.29 is 10.2 Å². The molecule has 3 nitrogen and oxygen atoms in total. The van der Waals surface area contributed by atoms with Gasteiger partial charge in [-0.05, 0) is 44.0 Å². The topological polar surface area (TPSA) is 43.7 Å². The minimum atomic E-state index is -0.624. The summed E-state index contributed by atoms with van der Waals surface area (Å²) in [7, 11) is 2.03. The molecule has 3 atom stereocenters. The molecule has 0 aromatic carbocycles. The second-order valence-electron chi connectivity index (χ2n) is 4.37. The van der Waals surface area contributed by atoms with Crippen molar-refractivity contribution in [3.05, 3.63) is 11.1 Å². The molecule has 80 valence electrons. The van der Waals surface area contributed by atoms with Crippen molar-refractivity contribution in [3.63, 3.8) is 0 Å². The number of nitrogens with zero attached hydrogens (tertiary/aromatic N) is 1. The van der Waals surface area contributed by atoms with Crippen LogP contribution < -0.4 is 0 Å². The number of aliphatic hydroxyl groups excluding tert-OH is 2. The number of fused-ring (bicyclic) bond motifs is 1. The van der Waals surface area contributed by atoms with Crippen molar-refractivity contribution in [2.24, 2.45) is 0 Å². The first-order valence-corrected chi connectivity index (χ1v) is 5.45. The van der Waals surface area contributed by atoms with E-state index in [0.29, 0.717) is 0 Å². The van der Waals surface area contributed by atoms with Crippen LogP contribution in [0.3, 0.4) is 0 Å². The molecule has 2 rings (SSSR count). The highest BCUT2D eigenvalue weighted by atomic mass is 16.3. The second-order valence-corrected chi connectivity index (χ2v) is 4.37. The first kappa shape index (κ1) is 10.1. The lowest BCUT2D eigenvalue weighted by Gasteiger charge is -2.34. The number of hydrogen-bond acceptors (Lipinski definition) is 3. The monoisotopic (exact) mass is 197 g/mol. The number of likely N-dealkylation sites (N-methyl/N-ethyl adjacent to an activating group) is 1. The average molecular weight is 197 g/mol. The molecule has 3 heteroatoms. The fourth-order valence-corrected chi connectivity index (χ4v) is 2.89. The Bertz CT molecular complexity index is 262. The summed E-state index contributed by atoms with van der Waals surface area (Å²) in [5.41, 5.74) is 2.37. The van der Waals surface area contributed by atoms with Crippen molar-refractivity contribution >= 4 is 0 Å². The summed E-state index contributed by atoms with van der Waals surface area (Å²) in [5.74, 6) is 0. The maximum absolute atomic E-state index is 9.93. The maximum Gasteiger partial charge on any atom is 0.103 e. The van der Waals surface area contributed by atoms with Crippen molar-refractivity contribution in [3.8, 4) is 0 Å². The number of hydrogen-bond donors (Lipinski definition) is 2. The molecule has 1 aliphatic heterocycles. The largest absolute Gasteiger partial charge is 0.388 e. The van der Waals surface area contributed by atoms with Crippen LogP contribution in [0.15, 0.2) is 11.1 Å². The van der Waals surface area contributed by atoms with Crippen LogP contribution in [0, 0.1) is 0 Å². The number of likely N-dealkylation sites (tertiary alicyclic amines) is 1. The van der Waals surface area contributed by atoms with Gasteiger partial charge >= 0.3 is 0 Å². The van der Waals surface area contributed by atoms with Gasteiger partial charge < -0.3 is 10.2 Å². The van der Waals surface area contributed by atoms with E-state index in [1.54, 1.807) is 0 Å². The Labute approximate surface area is 85.0 Å². The molecule has 3 unspecified atom stereocenters. The van der Waals surface area contributed by atoms with Crippen LogP contribution in [-0.4, -0.2) is 47.0 Å². The Hall–Kier alpha value is -0.380. The van der Waals surface area contributed by atoms with Gasteiger partial charge in [-0.3, -0.25) is 4.90 Å². The van der Waals surface area contributed by atoms with Gasteiger partial charge in [-0.25, -0.2) is 0 Å². The van der Waals surface area contributed by atoms with Gasteiger partial charge in [0.2, 0.25) is 0 Å². The highest BCUT2D eigenvalue weighted by molar-refractivity contribution is 5.34. The molecule has 0 aromatic rings. The third-order valence-electron chi connectivity index (χ3n) is 3.59. The molecular formula is C11H19NO2. The SMILES string of the molecule is CCC1=C2CCCN(C)C2C(O)C1O. The Morgan fingerprint density at radius 1 is 1.43 bits per heavy atom. The van der Waals surface area contributed by atoms with Crippen molar-refractivity contribution in [2.75, 3.05) is 13.6 Å². The van der Waals surface area contributed by atoms with Gasteiger partial charge in [0.25, 0.3) is 0 Å². The lowest BCUT2D eigenvalue weighted by molar-refractivity contribution is 0.00612. The average Bonchev–Trinajstić information content (AvgIpc) is 2.41. The molecule has 1 saturated heterocycles. The number of rotatable bonds is 1. The van der Waals surface area contributed by atoms with E-state index in [9.17, 15) is 10.2 Å². The van der Waals surface area contributed by atoms with Gasteiger partial charge in [-0.15, -0.1) is 0 Å². The van der Waals surface area contributed by atoms with E-state index in [4.69, 9.17) is 0 Å². The van der Waals surface area contributed by atoms with Crippen LogP contribution in [0.5, 0.6) is 0 Å². The highest BCUT2D eigenvalue weighted by Crippen LogP contribution is 2.37. The normalized spacial score (nSPS) is 39.0. The zero-order chi connectivity index (χ0) is 10.3. The van der Waals surface area contributed by atoms with Gasteiger partial charge in [0.15, 0.2) is 0 Å². The van der Waals surface area contributed by atoms with E-state index in [1.807, 2.05) is 7.05 Å². The molecule has 1 heterocycles. The molecule has 2 aliphatic rings. The van der Waals surface area contributed by atoms with Gasteiger partial charge in [-0.2, -0.15) is 0 Å². The fraction of sp³-hybridized carbons (Fsp3) is 0.818. The standard InChI is InChI=1S/C11H19NO2/c1-3-7-8-5-4-6-12(2)9(8)11(14)10(7)13/h9-11,13-14H,3-6H2,1-2H3. The van der Waals surface area contributed by atoms with Crippen LogP contribution in [0.2, 0.25) is 0 Å². The molecule has 0 aromatic heterocycles. The summed E-state index contributed by atoms with van der Waals surface area (Å²) in [6.07, 6.45) is 1.82. The van der Waals surface area contributed by atoms with Gasteiger partial charge in [0, 0.05) is 0 Å². The number of aliphatic hydroxyl groups is 2. The summed E-state index contributed by atoms with van der Waals surface area (Å²) in [6.45, 7) is 3.07. The summed E-state index contributed by atoms with van der Waals surface area (Å²) < 4.78 is 0. The molecule has 0 bridgehead atoms. The summed E-state index contributed by atoms with van der Waals surface area (Å²) in [4.78, 5) is 2.16. The Kier molecular flexibility index (Phi) is 2.64. The Morgan fingerprint density at radius 3 is 2.79 bits per heavy atom. The molecule has 0 amide bonds. The maximum atomic E-state index is 9.93. The zero-order valence-electron chi connectivity index (χ0n) is 8.90. The Balaban J connectivity index is 2.33. The lowest BCUT2D eigenvalue weighted by atomic mass is 9.96. The first-order chi connectivity index (χ1) is 6.66. The van der Waals surface area contributed by atoms with E-state index in [1.165, 1.54) is 5.57 Å². The van der Waals surface area contributed by atoms with E-state index >= 15 is 0 Å². The predicted molar refractivity (Wildman–Crippen MR) is 55.0 cm³/mol. The summed E-state index contributed by atoms with van der Waals surface area (Å²) in [5, 5.41) is 19.8. The smallest absolute Gasteiger partial charge is 0.103 e. The quantitative estimate of drug-likeness (QED) is 0.602. The minimum absolute atomic E-state index is 0.0775. The van der Waals surface area contributed by atoms with E-state index < -0.39 is 12.2 Å². The summed E-state index contributed by atoms with van der Waals surface area (Å²) >= 11 is 0. The van der Waals surface area contributed by atoms with Gasteiger partial charge in [-0.1, -0.05) is 6.92 Å². The van der Waals surface area contributed by atoms with Crippen LogP contribution in [-0.2, 0) is 0 Å². The molecule has 0 spiro atoms.